The van der Waals surface area contributed by atoms with Gasteiger partial charge < -0.3 is 4.57 Å². The first kappa shape index (κ1) is 16.8. The number of hydrogen-bond donors (Lipinski definition) is 0. The monoisotopic (exact) mass is 370 g/mol. The molecule has 0 unspecified atom stereocenters. The summed E-state index contributed by atoms with van der Waals surface area (Å²) >= 11 is 3.45. The summed E-state index contributed by atoms with van der Waals surface area (Å²) < 4.78 is 2.30. The molecule has 0 spiro atoms. The number of thiazole rings is 1. The topological polar surface area (TPSA) is 43.6 Å². The Morgan fingerprint density at radius 1 is 1.28 bits per heavy atom. The van der Waals surface area contributed by atoms with Gasteiger partial charge in [0.25, 0.3) is 0 Å². The van der Waals surface area contributed by atoms with Crippen LogP contribution >= 0.6 is 23.1 Å². The number of rotatable bonds is 6. The maximum Gasteiger partial charge on any atom is 0.191 e. The maximum absolute atomic E-state index is 4.81. The third-order valence-electron chi connectivity index (χ3n) is 4.32. The third kappa shape index (κ3) is 3.65. The average molecular weight is 371 g/mol. The second-order valence-corrected chi connectivity index (χ2v) is 8.68. The first-order valence-electron chi connectivity index (χ1n) is 8.71. The van der Waals surface area contributed by atoms with E-state index in [0.717, 1.165) is 27.4 Å². The second kappa shape index (κ2) is 6.92. The number of hydrogen-bond acceptors (Lipinski definition) is 5. The molecule has 0 bridgehead atoms. The molecule has 0 saturated heterocycles. The Bertz CT molecular complexity index is 877. The van der Waals surface area contributed by atoms with Crippen molar-refractivity contribution >= 4 is 23.1 Å². The van der Waals surface area contributed by atoms with E-state index in [2.05, 4.69) is 65.2 Å². The van der Waals surface area contributed by atoms with Crippen LogP contribution in [0.1, 0.15) is 55.7 Å². The van der Waals surface area contributed by atoms with Gasteiger partial charge in [-0.3, -0.25) is 0 Å². The van der Waals surface area contributed by atoms with Crippen LogP contribution in [-0.4, -0.2) is 19.7 Å². The molecule has 2 aromatic heterocycles. The molecular formula is C19H22N4S2. The van der Waals surface area contributed by atoms with Crippen molar-refractivity contribution in [2.45, 2.75) is 56.5 Å². The quantitative estimate of drug-likeness (QED) is 0.540. The van der Waals surface area contributed by atoms with E-state index in [4.69, 9.17) is 4.98 Å². The zero-order valence-corrected chi connectivity index (χ0v) is 16.4. The molecule has 3 aromatic rings. The third-order valence-corrected chi connectivity index (χ3v) is 6.23. The van der Waals surface area contributed by atoms with Crippen LogP contribution in [0.5, 0.6) is 0 Å². The van der Waals surface area contributed by atoms with Crippen molar-refractivity contribution in [3.05, 3.63) is 46.7 Å². The van der Waals surface area contributed by atoms with Crippen LogP contribution < -0.4 is 0 Å². The normalized spacial score (nSPS) is 14.4. The molecule has 1 saturated carbocycles. The molecule has 1 aliphatic rings. The van der Waals surface area contributed by atoms with E-state index in [9.17, 15) is 0 Å². The van der Waals surface area contributed by atoms with Gasteiger partial charge in [-0.2, -0.15) is 0 Å². The highest BCUT2D eigenvalue weighted by molar-refractivity contribution is 7.98. The molecule has 1 aliphatic carbocycles. The van der Waals surface area contributed by atoms with Crippen molar-refractivity contribution in [1.82, 2.24) is 19.7 Å². The molecule has 25 heavy (non-hydrogen) atoms. The molecule has 4 nitrogen and oxygen atoms in total. The fourth-order valence-electron chi connectivity index (χ4n) is 2.91. The summed E-state index contributed by atoms with van der Waals surface area (Å²) in [6, 6.07) is 8.91. The van der Waals surface area contributed by atoms with Crippen LogP contribution in [-0.2, 0) is 5.75 Å². The van der Waals surface area contributed by atoms with Gasteiger partial charge in [-0.05, 0) is 39.7 Å². The summed E-state index contributed by atoms with van der Waals surface area (Å²) in [6.45, 7) is 6.53. The molecule has 1 fully saturated rings. The van der Waals surface area contributed by atoms with Crippen LogP contribution in [0.15, 0.2) is 34.8 Å². The van der Waals surface area contributed by atoms with Crippen LogP contribution in [0.25, 0.3) is 10.6 Å². The lowest BCUT2D eigenvalue weighted by Crippen LogP contribution is -2.07. The molecule has 4 rings (SSSR count). The Morgan fingerprint density at radius 2 is 2.12 bits per heavy atom. The van der Waals surface area contributed by atoms with E-state index in [0.29, 0.717) is 12.0 Å². The fraction of sp³-hybridized carbons (Fsp3) is 0.421. The minimum Gasteiger partial charge on any atom is -0.303 e. The zero-order valence-electron chi connectivity index (χ0n) is 14.8. The second-order valence-electron chi connectivity index (χ2n) is 6.88. The fourth-order valence-corrected chi connectivity index (χ4v) is 4.80. The van der Waals surface area contributed by atoms with Crippen molar-refractivity contribution < 1.29 is 0 Å². The number of nitrogens with zero attached hydrogens (tertiary/aromatic N) is 4. The van der Waals surface area contributed by atoms with Gasteiger partial charge in [0.2, 0.25) is 0 Å². The predicted molar refractivity (Wildman–Crippen MR) is 104 cm³/mol. The predicted octanol–water partition coefficient (Wildman–Crippen LogP) is 5.46. The van der Waals surface area contributed by atoms with E-state index in [1.54, 1.807) is 23.1 Å². The molecule has 0 radical (unpaired) electrons. The van der Waals surface area contributed by atoms with Gasteiger partial charge in [-0.15, -0.1) is 21.5 Å². The molecular weight excluding hydrogens is 348 g/mol. The van der Waals surface area contributed by atoms with E-state index < -0.39 is 0 Å². The first-order chi connectivity index (χ1) is 12.1. The van der Waals surface area contributed by atoms with Crippen molar-refractivity contribution in [3.8, 4) is 10.6 Å². The lowest BCUT2D eigenvalue weighted by atomic mass is 10.1. The lowest BCUT2D eigenvalue weighted by Gasteiger charge is -2.12. The van der Waals surface area contributed by atoms with Crippen LogP contribution in [0.4, 0.5) is 0 Å². The molecule has 130 valence electrons. The van der Waals surface area contributed by atoms with E-state index in [-0.39, 0.29) is 0 Å². The highest BCUT2D eigenvalue weighted by Crippen LogP contribution is 2.41. The standard InChI is InChI=1S/C19H22N4S2/c1-12(2)23-17(14-7-8-14)21-22-19(23)25-11-16-10-24-18(20-16)15-6-4-5-13(3)9-15/h4-6,9-10,12,14H,7-8,11H2,1-3H3. The minimum atomic E-state index is 0.395. The van der Waals surface area contributed by atoms with Gasteiger partial charge in [-0.25, -0.2) is 4.98 Å². The first-order valence-corrected chi connectivity index (χ1v) is 10.6. The average Bonchev–Trinajstić information content (AvgIpc) is 3.17. The van der Waals surface area contributed by atoms with Crippen molar-refractivity contribution in [2.24, 2.45) is 0 Å². The van der Waals surface area contributed by atoms with E-state index in [1.165, 1.54) is 24.0 Å². The van der Waals surface area contributed by atoms with Crippen LogP contribution in [0, 0.1) is 6.92 Å². The largest absolute Gasteiger partial charge is 0.303 e. The Hall–Kier alpha value is -1.66. The van der Waals surface area contributed by atoms with Gasteiger partial charge in [0, 0.05) is 28.7 Å². The molecule has 1 aromatic carbocycles. The number of benzene rings is 1. The Labute approximate surface area is 156 Å². The maximum atomic E-state index is 4.81. The van der Waals surface area contributed by atoms with Gasteiger partial charge in [0.15, 0.2) is 5.16 Å². The SMILES string of the molecule is Cc1cccc(-c2nc(CSc3nnc(C4CC4)n3C(C)C)cs2)c1. The number of aromatic nitrogens is 4. The molecule has 0 amide bonds. The lowest BCUT2D eigenvalue weighted by molar-refractivity contribution is 0.526. The van der Waals surface area contributed by atoms with Gasteiger partial charge in [0.1, 0.15) is 10.8 Å². The van der Waals surface area contributed by atoms with Gasteiger partial charge >= 0.3 is 0 Å². The van der Waals surface area contributed by atoms with Gasteiger partial charge in [0.05, 0.1) is 5.69 Å². The molecule has 0 N–H and O–H groups in total. The molecule has 0 atom stereocenters. The highest BCUT2D eigenvalue weighted by Gasteiger charge is 2.31. The van der Waals surface area contributed by atoms with E-state index >= 15 is 0 Å². The van der Waals surface area contributed by atoms with Crippen molar-refractivity contribution in [3.63, 3.8) is 0 Å². The summed E-state index contributed by atoms with van der Waals surface area (Å²) in [6.07, 6.45) is 2.50. The Kier molecular flexibility index (Phi) is 4.65. The summed E-state index contributed by atoms with van der Waals surface area (Å²) in [5, 5.41) is 13.1. The Balaban J connectivity index is 1.49. The smallest absolute Gasteiger partial charge is 0.191 e. The molecule has 0 aliphatic heterocycles. The minimum absolute atomic E-state index is 0.395. The summed E-state index contributed by atoms with van der Waals surface area (Å²) in [5.74, 6) is 2.62. The van der Waals surface area contributed by atoms with Crippen molar-refractivity contribution in [1.29, 1.82) is 0 Å². The van der Waals surface area contributed by atoms with Gasteiger partial charge in [-0.1, -0.05) is 35.5 Å². The Morgan fingerprint density at radius 3 is 2.84 bits per heavy atom. The molecule has 2 heterocycles. The summed E-state index contributed by atoms with van der Waals surface area (Å²) in [4.78, 5) is 4.81. The highest BCUT2D eigenvalue weighted by atomic mass is 32.2. The van der Waals surface area contributed by atoms with Crippen molar-refractivity contribution in [2.75, 3.05) is 0 Å². The summed E-state index contributed by atoms with van der Waals surface area (Å²) in [7, 11) is 0. The zero-order chi connectivity index (χ0) is 17.4. The van der Waals surface area contributed by atoms with E-state index in [1.807, 2.05) is 0 Å². The summed E-state index contributed by atoms with van der Waals surface area (Å²) in [5.41, 5.74) is 3.57. The van der Waals surface area contributed by atoms with Crippen LogP contribution in [0.2, 0.25) is 0 Å². The molecule has 6 heteroatoms. The number of thioether (sulfide) groups is 1. The van der Waals surface area contributed by atoms with Crippen LogP contribution in [0.3, 0.4) is 0 Å². The number of aryl methyl sites for hydroxylation is 1.